The molecule has 0 radical (unpaired) electrons. The molecule has 4 rings (SSSR count). The summed E-state index contributed by atoms with van der Waals surface area (Å²) in [4.78, 5) is 4.20. The molecule has 1 N–H and O–H groups in total. The van der Waals surface area contributed by atoms with Crippen molar-refractivity contribution in [2.75, 3.05) is 5.32 Å². The number of benzene rings is 1. The number of hydrogen-bond donors (Lipinski definition) is 1. The molecular weight excluding hydrogens is 392 g/mol. The Balaban J connectivity index is 1.76. The molecule has 3 heterocycles. The molecule has 0 saturated carbocycles. The third kappa shape index (κ3) is 3.49. The van der Waals surface area contributed by atoms with Crippen LogP contribution in [0.3, 0.4) is 0 Å². The van der Waals surface area contributed by atoms with E-state index in [-0.39, 0.29) is 28.2 Å². The Kier molecular flexibility index (Phi) is 4.51. The van der Waals surface area contributed by atoms with E-state index in [4.69, 9.17) is 24.9 Å². The molecule has 7 nitrogen and oxygen atoms in total. The second-order valence-electron chi connectivity index (χ2n) is 5.52. The number of sulfone groups is 1. The lowest BCUT2D eigenvalue weighted by molar-refractivity contribution is 0.504. The summed E-state index contributed by atoms with van der Waals surface area (Å²) >= 11 is 5.85. The highest BCUT2D eigenvalue weighted by molar-refractivity contribution is 7.91. The van der Waals surface area contributed by atoms with E-state index >= 15 is 0 Å². The van der Waals surface area contributed by atoms with Gasteiger partial charge in [0.15, 0.2) is 5.76 Å². The maximum absolute atomic E-state index is 13.1. The second-order valence-corrected chi connectivity index (χ2v) is 7.82. The van der Waals surface area contributed by atoms with Crippen LogP contribution in [0.25, 0.3) is 11.7 Å². The Morgan fingerprint density at radius 3 is 2.41 bits per heavy atom. The first kappa shape index (κ1) is 17.4. The minimum atomic E-state index is -3.95. The lowest BCUT2D eigenvalue weighted by Crippen LogP contribution is -2.07. The summed E-state index contributed by atoms with van der Waals surface area (Å²) in [5.41, 5.74) is 0. The molecule has 0 atom stereocenters. The van der Waals surface area contributed by atoms with Crippen LogP contribution in [0.4, 0.5) is 5.88 Å². The van der Waals surface area contributed by atoms with E-state index in [2.05, 4.69) is 10.3 Å². The van der Waals surface area contributed by atoms with Gasteiger partial charge >= 0.3 is 0 Å². The van der Waals surface area contributed by atoms with E-state index in [1.165, 1.54) is 36.8 Å². The summed E-state index contributed by atoms with van der Waals surface area (Å²) in [6, 6.07) is 12.6. The largest absolute Gasteiger partial charge is 0.467 e. The van der Waals surface area contributed by atoms with Crippen molar-refractivity contribution in [3.63, 3.8) is 0 Å². The van der Waals surface area contributed by atoms with Crippen LogP contribution in [0.15, 0.2) is 84.2 Å². The standard InChI is InChI=1S/C18H13ClN2O5S/c19-12-5-7-14(8-6-12)27(22,23)18-17(20-11-13-3-1-9-24-13)26-16(21-18)15-4-2-10-25-15/h1-10,20H,11H2. The minimum Gasteiger partial charge on any atom is -0.467 e. The smallest absolute Gasteiger partial charge is 0.266 e. The molecule has 0 aliphatic heterocycles. The fourth-order valence-corrected chi connectivity index (χ4v) is 3.82. The number of aromatic nitrogens is 1. The van der Waals surface area contributed by atoms with E-state index in [1.54, 1.807) is 24.3 Å². The minimum absolute atomic E-state index is 0.00671. The zero-order chi connectivity index (χ0) is 18.9. The number of rotatable bonds is 6. The quantitative estimate of drug-likeness (QED) is 0.500. The first-order chi connectivity index (χ1) is 13.0. The predicted molar refractivity (Wildman–Crippen MR) is 97.1 cm³/mol. The zero-order valence-electron chi connectivity index (χ0n) is 13.8. The summed E-state index contributed by atoms with van der Waals surface area (Å²) in [7, 11) is -3.95. The molecule has 27 heavy (non-hydrogen) atoms. The molecule has 4 aromatic rings. The summed E-state index contributed by atoms with van der Waals surface area (Å²) in [5.74, 6) is 0.969. The van der Waals surface area contributed by atoms with Crippen molar-refractivity contribution in [2.45, 2.75) is 16.5 Å². The van der Waals surface area contributed by atoms with Gasteiger partial charge in [0.2, 0.25) is 20.7 Å². The summed E-state index contributed by atoms with van der Waals surface area (Å²) in [6.07, 6.45) is 2.97. The molecule has 0 bridgehead atoms. The topological polar surface area (TPSA) is 98.5 Å². The van der Waals surface area contributed by atoms with Gasteiger partial charge in [-0.2, -0.15) is 4.98 Å². The summed E-state index contributed by atoms with van der Waals surface area (Å²) < 4.78 is 42.2. The molecule has 0 aliphatic carbocycles. The normalized spacial score (nSPS) is 11.6. The van der Waals surface area contributed by atoms with E-state index in [0.717, 1.165) is 0 Å². The second kappa shape index (κ2) is 6.98. The molecule has 138 valence electrons. The highest BCUT2D eigenvalue weighted by atomic mass is 35.5. The molecular formula is C18H13ClN2O5S. The van der Waals surface area contributed by atoms with Crippen molar-refractivity contribution in [1.82, 2.24) is 4.98 Å². The molecule has 0 unspecified atom stereocenters. The Morgan fingerprint density at radius 1 is 1.00 bits per heavy atom. The molecule has 3 aromatic heterocycles. The van der Waals surface area contributed by atoms with E-state index < -0.39 is 9.84 Å². The maximum atomic E-state index is 13.1. The Labute approximate surface area is 159 Å². The highest BCUT2D eigenvalue weighted by Crippen LogP contribution is 2.33. The van der Waals surface area contributed by atoms with Gasteiger partial charge in [0.25, 0.3) is 5.89 Å². The fourth-order valence-electron chi connectivity index (χ4n) is 2.41. The number of hydrogen-bond acceptors (Lipinski definition) is 7. The first-order valence-corrected chi connectivity index (χ1v) is 9.72. The third-order valence-electron chi connectivity index (χ3n) is 3.71. The lowest BCUT2D eigenvalue weighted by atomic mass is 10.4. The fraction of sp³-hybridized carbons (Fsp3) is 0.0556. The van der Waals surface area contributed by atoms with Crippen LogP contribution in [0, 0.1) is 0 Å². The number of furan rings is 2. The summed E-state index contributed by atoms with van der Waals surface area (Å²) in [5, 5.41) is 3.10. The van der Waals surface area contributed by atoms with Gasteiger partial charge in [-0.1, -0.05) is 11.6 Å². The molecule has 0 fully saturated rings. The number of anilines is 1. The van der Waals surface area contributed by atoms with Gasteiger partial charge < -0.3 is 18.6 Å². The monoisotopic (exact) mass is 404 g/mol. The van der Waals surface area contributed by atoms with Crippen molar-refractivity contribution in [3.05, 3.63) is 71.8 Å². The zero-order valence-corrected chi connectivity index (χ0v) is 15.3. The van der Waals surface area contributed by atoms with E-state index in [0.29, 0.717) is 16.5 Å². The van der Waals surface area contributed by atoms with Crippen molar-refractivity contribution in [3.8, 4) is 11.7 Å². The SMILES string of the molecule is O=S(=O)(c1ccc(Cl)cc1)c1nc(-c2ccco2)oc1NCc1ccco1. The average Bonchev–Trinajstić information content (AvgIpc) is 3.40. The van der Waals surface area contributed by atoms with Crippen molar-refractivity contribution < 1.29 is 21.7 Å². The number of nitrogens with one attached hydrogen (secondary N) is 1. The molecule has 0 aliphatic rings. The Bertz CT molecular complexity index is 1130. The first-order valence-electron chi connectivity index (χ1n) is 7.85. The van der Waals surface area contributed by atoms with Gasteiger partial charge in [-0.25, -0.2) is 8.42 Å². The highest BCUT2D eigenvalue weighted by Gasteiger charge is 2.29. The van der Waals surface area contributed by atoms with Crippen LogP contribution in [0.2, 0.25) is 5.02 Å². The molecule has 0 saturated heterocycles. The molecule has 9 heteroatoms. The number of halogens is 1. The molecule has 0 spiro atoms. The molecule has 0 amide bonds. The van der Waals surface area contributed by atoms with Crippen LogP contribution in [0.1, 0.15) is 5.76 Å². The maximum Gasteiger partial charge on any atom is 0.266 e. The van der Waals surface area contributed by atoms with E-state index in [9.17, 15) is 8.42 Å². The van der Waals surface area contributed by atoms with Crippen molar-refractivity contribution >= 4 is 27.3 Å². The van der Waals surface area contributed by atoms with Crippen molar-refractivity contribution in [2.24, 2.45) is 0 Å². The van der Waals surface area contributed by atoms with Gasteiger partial charge in [0.1, 0.15) is 5.76 Å². The van der Waals surface area contributed by atoms with Crippen LogP contribution >= 0.6 is 11.6 Å². The average molecular weight is 405 g/mol. The van der Waals surface area contributed by atoms with Gasteiger partial charge in [-0.05, 0) is 48.5 Å². The van der Waals surface area contributed by atoms with Crippen molar-refractivity contribution in [1.29, 1.82) is 0 Å². The number of nitrogens with zero attached hydrogens (tertiary/aromatic N) is 1. The number of oxazole rings is 1. The van der Waals surface area contributed by atoms with E-state index in [1.807, 2.05) is 0 Å². The Morgan fingerprint density at radius 2 is 1.74 bits per heavy atom. The summed E-state index contributed by atoms with van der Waals surface area (Å²) in [6.45, 7) is 0.225. The lowest BCUT2D eigenvalue weighted by Gasteiger charge is -2.05. The van der Waals surface area contributed by atoms with Gasteiger partial charge in [-0.15, -0.1) is 0 Å². The molecule has 1 aromatic carbocycles. The third-order valence-corrected chi connectivity index (χ3v) is 5.64. The predicted octanol–water partition coefficient (Wildman–Crippen LogP) is 4.63. The van der Waals surface area contributed by atoms with Crippen LogP contribution in [-0.4, -0.2) is 13.4 Å². The van der Waals surface area contributed by atoms with Crippen LogP contribution in [0.5, 0.6) is 0 Å². The van der Waals surface area contributed by atoms with Crippen LogP contribution in [-0.2, 0) is 16.4 Å². The van der Waals surface area contributed by atoms with Gasteiger partial charge in [0, 0.05) is 5.02 Å². The van der Waals surface area contributed by atoms with Crippen LogP contribution < -0.4 is 5.32 Å². The van der Waals surface area contributed by atoms with Gasteiger partial charge in [-0.3, -0.25) is 0 Å². The Hall–Kier alpha value is -2.97. The van der Waals surface area contributed by atoms with Gasteiger partial charge in [0.05, 0.1) is 24.0 Å².